The lowest BCUT2D eigenvalue weighted by atomic mass is 10.1. The Balaban J connectivity index is 2.08. The maximum atomic E-state index is 11.1. The van der Waals surface area contributed by atoms with Crippen LogP contribution >= 0.6 is 0 Å². The van der Waals surface area contributed by atoms with Crippen molar-refractivity contribution < 1.29 is 14.3 Å². The van der Waals surface area contributed by atoms with Gasteiger partial charge < -0.3 is 14.8 Å². The molecule has 0 fully saturated rings. The molecule has 16 heavy (non-hydrogen) atoms. The largest absolute Gasteiger partial charge is 0.482 e. The van der Waals surface area contributed by atoms with Crippen LogP contribution in [-0.2, 0) is 16.0 Å². The number of carbonyl (C=O) groups is 2. The number of aldehydes is 1. The monoisotopic (exact) mass is 219 g/mol. The molecule has 0 atom stereocenters. The maximum absolute atomic E-state index is 11.1. The third kappa shape index (κ3) is 2.39. The predicted molar refractivity (Wildman–Crippen MR) is 59.6 cm³/mol. The fourth-order valence-corrected chi connectivity index (χ4v) is 1.68. The normalized spacial score (nSPS) is 13.6. The predicted octanol–water partition coefficient (Wildman–Crippen LogP) is 1.54. The number of aryl methyl sites for hydroxylation is 1. The molecule has 0 saturated heterocycles. The molecule has 0 radical (unpaired) electrons. The standard InChI is InChI=1S/C12H13NO3/c14-6-2-1-3-9-4-5-11-10(7-9)13-12(15)8-16-11/h4-7H,1-3,8H2,(H,13,15). The summed E-state index contributed by atoms with van der Waals surface area (Å²) in [7, 11) is 0. The number of anilines is 1. The zero-order valence-corrected chi connectivity index (χ0v) is 8.86. The number of hydrogen-bond acceptors (Lipinski definition) is 3. The number of fused-ring (bicyclic) bond motifs is 1. The number of hydrogen-bond donors (Lipinski definition) is 1. The van der Waals surface area contributed by atoms with Gasteiger partial charge >= 0.3 is 0 Å². The second-order valence-electron chi connectivity index (χ2n) is 3.73. The molecule has 84 valence electrons. The quantitative estimate of drug-likeness (QED) is 0.617. The number of rotatable bonds is 4. The first kappa shape index (κ1) is 10.7. The summed E-state index contributed by atoms with van der Waals surface area (Å²) >= 11 is 0. The van der Waals surface area contributed by atoms with E-state index in [1.807, 2.05) is 18.2 Å². The topological polar surface area (TPSA) is 55.4 Å². The first-order valence-electron chi connectivity index (χ1n) is 5.29. The Morgan fingerprint density at radius 1 is 1.44 bits per heavy atom. The van der Waals surface area contributed by atoms with Crippen LogP contribution in [0.3, 0.4) is 0 Å². The Morgan fingerprint density at radius 3 is 3.12 bits per heavy atom. The average molecular weight is 219 g/mol. The molecule has 4 nitrogen and oxygen atoms in total. The summed E-state index contributed by atoms with van der Waals surface area (Å²) in [4.78, 5) is 21.3. The van der Waals surface area contributed by atoms with Crippen LogP contribution in [-0.4, -0.2) is 18.8 Å². The van der Waals surface area contributed by atoms with Crippen molar-refractivity contribution in [1.29, 1.82) is 0 Å². The summed E-state index contributed by atoms with van der Waals surface area (Å²) in [6.07, 6.45) is 3.15. The lowest BCUT2D eigenvalue weighted by molar-refractivity contribution is -0.118. The lowest BCUT2D eigenvalue weighted by Crippen LogP contribution is -2.25. The van der Waals surface area contributed by atoms with E-state index in [0.29, 0.717) is 12.2 Å². The lowest BCUT2D eigenvalue weighted by Gasteiger charge is -2.18. The van der Waals surface area contributed by atoms with Crippen LogP contribution in [0, 0.1) is 0 Å². The van der Waals surface area contributed by atoms with Crippen molar-refractivity contribution in [2.24, 2.45) is 0 Å². The summed E-state index contributed by atoms with van der Waals surface area (Å²) in [5.74, 6) is 0.580. The second kappa shape index (κ2) is 4.79. The van der Waals surface area contributed by atoms with Gasteiger partial charge in [-0.3, -0.25) is 4.79 Å². The van der Waals surface area contributed by atoms with Gasteiger partial charge in [-0.25, -0.2) is 0 Å². The molecule has 0 saturated carbocycles. The van der Waals surface area contributed by atoms with E-state index in [9.17, 15) is 9.59 Å². The van der Waals surface area contributed by atoms with Gasteiger partial charge in [-0.2, -0.15) is 0 Å². The van der Waals surface area contributed by atoms with Crippen LogP contribution in [0.5, 0.6) is 5.75 Å². The molecule has 0 unspecified atom stereocenters. The molecule has 1 aromatic carbocycles. The minimum Gasteiger partial charge on any atom is -0.482 e. The zero-order valence-electron chi connectivity index (χ0n) is 8.86. The molecule has 1 amide bonds. The molecule has 1 N–H and O–H groups in total. The zero-order chi connectivity index (χ0) is 11.4. The minimum absolute atomic E-state index is 0.0808. The fraction of sp³-hybridized carbons (Fsp3) is 0.333. The van der Waals surface area contributed by atoms with Gasteiger partial charge in [-0.05, 0) is 30.5 Å². The Labute approximate surface area is 93.6 Å². The fourth-order valence-electron chi connectivity index (χ4n) is 1.68. The van der Waals surface area contributed by atoms with Gasteiger partial charge in [0.25, 0.3) is 5.91 Å². The molecule has 2 rings (SSSR count). The van der Waals surface area contributed by atoms with Crippen molar-refractivity contribution in [3.8, 4) is 5.75 Å². The van der Waals surface area contributed by atoms with E-state index < -0.39 is 0 Å². The number of ether oxygens (including phenoxy) is 1. The van der Waals surface area contributed by atoms with E-state index in [0.717, 1.165) is 30.4 Å². The number of amides is 1. The van der Waals surface area contributed by atoms with Gasteiger partial charge in [0.1, 0.15) is 12.0 Å². The molecule has 0 spiro atoms. The van der Waals surface area contributed by atoms with Crippen LogP contribution < -0.4 is 10.1 Å². The van der Waals surface area contributed by atoms with Gasteiger partial charge in [-0.1, -0.05) is 6.07 Å². The highest BCUT2D eigenvalue weighted by Gasteiger charge is 2.15. The van der Waals surface area contributed by atoms with E-state index in [1.54, 1.807) is 0 Å². The van der Waals surface area contributed by atoms with Crippen molar-refractivity contribution in [2.75, 3.05) is 11.9 Å². The SMILES string of the molecule is O=CCCCc1ccc2c(c1)NC(=O)CO2. The second-order valence-corrected chi connectivity index (χ2v) is 3.73. The highest BCUT2D eigenvalue weighted by molar-refractivity contribution is 5.95. The van der Waals surface area contributed by atoms with Crippen molar-refractivity contribution in [1.82, 2.24) is 0 Å². The molecule has 4 heteroatoms. The van der Waals surface area contributed by atoms with Gasteiger partial charge in [0.15, 0.2) is 6.61 Å². The van der Waals surface area contributed by atoms with Crippen LogP contribution in [0.15, 0.2) is 18.2 Å². The van der Waals surface area contributed by atoms with E-state index in [4.69, 9.17) is 4.74 Å². The van der Waals surface area contributed by atoms with Crippen LogP contribution in [0.2, 0.25) is 0 Å². The van der Waals surface area contributed by atoms with E-state index >= 15 is 0 Å². The van der Waals surface area contributed by atoms with Crippen LogP contribution in [0.4, 0.5) is 5.69 Å². The van der Waals surface area contributed by atoms with E-state index in [-0.39, 0.29) is 12.5 Å². The average Bonchev–Trinajstić information content (AvgIpc) is 2.29. The highest BCUT2D eigenvalue weighted by Crippen LogP contribution is 2.28. The molecular formula is C12H13NO3. The molecule has 1 aromatic rings. The van der Waals surface area contributed by atoms with Gasteiger partial charge in [0.05, 0.1) is 5.69 Å². The Kier molecular flexibility index (Phi) is 3.19. The van der Waals surface area contributed by atoms with E-state index in [2.05, 4.69) is 5.32 Å². The van der Waals surface area contributed by atoms with Crippen molar-refractivity contribution in [3.05, 3.63) is 23.8 Å². The summed E-state index contributed by atoms with van der Waals surface area (Å²) < 4.78 is 5.25. The Morgan fingerprint density at radius 2 is 2.31 bits per heavy atom. The van der Waals surface area contributed by atoms with Crippen LogP contribution in [0.25, 0.3) is 0 Å². The summed E-state index contributed by atoms with van der Waals surface area (Å²) in [6.45, 7) is 0.0808. The van der Waals surface area contributed by atoms with Gasteiger partial charge in [-0.15, -0.1) is 0 Å². The molecular weight excluding hydrogens is 206 g/mol. The molecule has 1 aliphatic rings. The number of nitrogens with one attached hydrogen (secondary N) is 1. The first-order valence-corrected chi connectivity index (χ1v) is 5.29. The first-order chi connectivity index (χ1) is 7.79. The van der Waals surface area contributed by atoms with Crippen molar-refractivity contribution in [3.63, 3.8) is 0 Å². The number of benzene rings is 1. The van der Waals surface area contributed by atoms with Crippen molar-refractivity contribution in [2.45, 2.75) is 19.3 Å². The molecule has 0 aliphatic carbocycles. The van der Waals surface area contributed by atoms with Gasteiger partial charge in [0.2, 0.25) is 0 Å². The highest BCUT2D eigenvalue weighted by atomic mass is 16.5. The molecule has 1 aliphatic heterocycles. The van der Waals surface area contributed by atoms with E-state index in [1.165, 1.54) is 0 Å². The summed E-state index contributed by atoms with van der Waals surface area (Å²) in [6, 6.07) is 5.71. The Hall–Kier alpha value is -1.84. The molecule has 0 bridgehead atoms. The number of unbranched alkanes of at least 4 members (excludes halogenated alkanes) is 1. The third-order valence-corrected chi connectivity index (χ3v) is 2.46. The molecule has 1 heterocycles. The molecule has 0 aromatic heterocycles. The van der Waals surface area contributed by atoms with Crippen molar-refractivity contribution >= 4 is 17.9 Å². The maximum Gasteiger partial charge on any atom is 0.262 e. The smallest absolute Gasteiger partial charge is 0.262 e. The van der Waals surface area contributed by atoms with Crippen LogP contribution in [0.1, 0.15) is 18.4 Å². The Bertz CT molecular complexity index is 415. The van der Waals surface area contributed by atoms with Gasteiger partial charge in [0, 0.05) is 6.42 Å². The third-order valence-electron chi connectivity index (χ3n) is 2.46. The summed E-state index contributed by atoms with van der Waals surface area (Å²) in [5.41, 5.74) is 1.83. The minimum atomic E-state index is -0.127. The number of carbonyl (C=O) groups excluding carboxylic acids is 2. The summed E-state index contributed by atoms with van der Waals surface area (Å²) in [5, 5.41) is 2.76.